The van der Waals surface area contributed by atoms with Gasteiger partial charge in [-0.2, -0.15) is 0 Å². The molecule has 0 saturated carbocycles. The fourth-order valence-corrected chi connectivity index (χ4v) is 3.22. The van der Waals surface area contributed by atoms with Crippen LogP contribution in [0.25, 0.3) is 5.65 Å². The number of fused-ring (bicyclic) bond motifs is 1. The quantitative estimate of drug-likeness (QED) is 0.706. The fourth-order valence-electron chi connectivity index (χ4n) is 2.43. The molecule has 0 aliphatic carbocycles. The first kappa shape index (κ1) is 15.0. The van der Waals surface area contributed by atoms with E-state index in [1.807, 2.05) is 13.0 Å². The minimum Gasteiger partial charge on any atom is -0.378 e. The predicted octanol–water partition coefficient (Wildman–Crippen LogP) is 2.75. The maximum absolute atomic E-state index is 12.4. The van der Waals surface area contributed by atoms with Crippen molar-refractivity contribution in [3.8, 4) is 0 Å². The van der Waals surface area contributed by atoms with Crippen molar-refractivity contribution in [1.82, 2.24) is 9.38 Å². The molecule has 1 aliphatic rings. The van der Waals surface area contributed by atoms with Gasteiger partial charge in [-0.1, -0.05) is 15.9 Å². The van der Waals surface area contributed by atoms with Gasteiger partial charge in [-0.05, 0) is 28.9 Å². The van der Waals surface area contributed by atoms with E-state index in [9.17, 15) is 4.79 Å². The van der Waals surface area contributed by atoms with Crippen molar-refractivity contribution in [3.63, 3.8) is 0 Å². The van der Waals surface area contributed by atoms with Gasteiger partial charge >= 0.3 is 0 Å². The summed E-state index contributed by atoms with van der Waals surface area (Å²) in [6.45, 7) is 4.89. The van der Waals surface area contributed by atoms with Gasteiger partial charge in [0.25, 0.3) is 5.56 Å². The summed E-state index contributed by atoms with van der Waals surface area (Å²) in [4.78, 5) is 19.3. The lowest BCUT2D eigenvalue weighted by molar-refractivity contribution is 0.122. The minimum atomic E-state index is -0.0720. The van der Waals surface area contributed by atoms with E-state index < -0.39 is 0 Å². The van der Waals surface area contributed by atoms with E-state index >= 15 is 0 Å². The van der Waals surface area contributed by atoms with E-state index in [2.05, 4.69) is 36.8 Å². The van der Waals surface area contributed by atoms with Crippen LogP contribution in [0.2, 0.25) is 0 Å². The lowest BCUT2D eigenvalue weighted by atomic mass is 10.2. The lowest BCUT2D eigenvalue weighted by Crippen LogP contribution is -2.37. The molecule has 1 aliphatic heterocycles. The summed E-state index contributed by atoms with van der Waals surface area (Å²) in [7, 11) is 0. The zero-order valence-electron chi connectivity index (χ0n) is 11.6. The van der Waals surface area contributed by atoms with Gasteiger partial charge in [0.2, 0.25) is 0 Å². The molecule has 1 unspecified atom stereocenters. The van der Waals surface area contributed by atoms with Crippen LogP contribution in [-0.2, 0) is 4.74 Å². The summed E-state index contributed by atoms with van der Waals surface area (Å²) >= 11 is 7.02. The van der Waals surface area contributed by atoms with Crippen LogP contribution in [0, 0.1) is 0 Å². The molecule has 1 atom stereocenters. The smallest absolute Gasteiger partial charge is 0.259 e. The molecule has 2 aromatic heterocycles. The first-order chi connectivity index (χ1) is 10.1. The number of morpholine rings is 1. The summed E-state index contributed by atoms with van der Waals surface area (Å²) in [6, 6.07) is 3.58. The second-order valence-electron chi connectivity index (χ2n) is 4.98. The number of hydrogen-bond donors (Lipinski definition) is 0. The van der Waals surface area contributed by atoms with Gasteiger partial charge in [-0.25, -0.2) is 4.98 Å². The topological polar surface area (TPSA) is 46.8 Å². The fraction of sp³-hybridized carbons (Fsp3) is 0.429. The van der Waals surface area contributed by atoms with Gasteiger partial charge in [-0.15, -0.1) is 0 Å². The van der Waals surface area contributed by atoms with E-state index in [1.165, 1.54) is 0 Å². The molecule has 21 heavy (non-hydrogen) atoms. The Morgan fingerprint density at radius 1 is 1.33 bits per heavy atom. The molecule has 0 aromatic carbocycles. The zero-order valence-corrected chi connectivity index (χ0v) is 14.7. The molecule has 112 valence electrons. The number of halogens is 2. The summed E-state index contributed by atoms with van der Waals surface area (Å²) < 4.78 is 7.80. The number of nitrogens with zero attached hydrogens (tertiary/aromatic N) is 3. The predicted molar refractivity (Wildman–Crippen MR) is 89.5 cm³/mol. The Balaban J connectivity index is 2.19. The van der Waals surface area contributed by atoms with Crippen LogP contribution >= 0.6 is 31.9 Å². The van der Waals surface area contributed by atoms with E-state index in [0.717, 1.165) is 28.9 Å². The third-order valence-electron chi connectivity index (χ3n) is 3.51. The van der Waals surface area contributed by atoms with E-state index in [-0.39, 0.29) is 10.4 Å². The van der Waals surface area contributed by atoms with Gasteiger partial charge in [0.05, 0.1) is 13.2 Å². The molecule has 0 spiro atoms. The molecule has 5 nitrogen and oxygen atoms in total. The zero-order chi connectivity index (χ0) is 15.0. The normalized spacial score (nSPS) is 17.2. The van der Waals surface area contributed by atoms with E-state index in [0.29, 0.717) is 18.9 Å². The Hall–Kier alpha value is -0.920. The molecule has 0 bridgehead atoms. The van der Waals surface area contributed by atoms with Gasteiger partial charge in [0.1, 0.15) is 11.5 Å². The number of anilines is 1. The van der Waals surface area contributed by atoms with Crippen LogP contribution in [0.4, 0.5) is 5.82 Å². The third kappa shape index (κ3) is 3.00. The number of rotatable bonds is 2. The number of pyridine rings is 1. The van der Waals surface area contributed by atoms with E-state index in [4.69, 9.17) is 9.72 Å². The molecule has 0 radical (unpaired) electrons. The second kappa shape index (κ2) is 6.06. The Labute approximate surface area is 139 Å². The molecule has 0 N–H and O–H groups in total. The van der Waals surface area contributed by atoms with Gasteiger partial charge < -0.3 is 9.64 Å². The second-order valence-corrected chi connectivity index (χ2v) is 7.26. The Morgan fingerprint density at radius 3 is 2.71 bits per heavy atom. The van der Waals surface area contributed by atoms with Crippen molar-refractivity contribution in [1.29, 1.82) is 0 Å². The van der Waals surface area contributed by atoms with Gasteiger partial charge in [0, 0.05) is 40.2 Å². The highest BCUT2D eigenvalue weighted by Crippen LogP contribution is 2.28. The van der Waals surface area contributed by atoms with Crippen molar-refractivity contribution in [2.75, 3.05) is 31.2 Å². The number of hydrogen-bond acceptors (Lipinski definition) is 4. The lowest BCUT2D eigenvalue weighted by Gasteiger charge is -2.28. The van der Waals surface area contributed by atoms with Gasteiger partial charge in [0.15, 0.2) is 0 Å². The van der Waals surface area contributed by atoms with Crippen LogP contribution in [0.3, 0.4) is 0 Å². The summed E-state index contributed by atoms with van der Waals surface area (Å²) in [5, 5.41) is 0. The van der Waals surface area contributed by atoms with Crippen molar-refractivity contribution in [2.24, 2.45) is 0 Å². The first-order valence-corrected chi connectivity index (χ1v) is 8.47. The third-order valence-corrected chi connectivity index (χ3v) is 4.43. The maximum atomic E-state index is 12.4. The van der Waals surface area contributed by atoms with Crippen LogP contribution in [0.15, 0.2) is 27.6 Å². The molecule has 2 aromatic rings. The Bertz CT molecular complexity index is 724. The molecular formula is C14H15Br2N3O2. The number of alkyl halides is 1. The average molecular weight is 417 g/mol. The van der Waals surface area contributed by atoms with Crippen LogP contribution in [0.5, 0.6) is 0 Å². The van der Waals surface area contributed by atoms with Crippen molar-refractivity contribution < 1.29 is 4.74 Å². The first-order valence-electron chi connectivity index (χ1n) is 6.76. The van der Waals surface area contributed by atoms with E-state index in [1.54, 1.807) is 16.7 Å². The average Bonchev–Trinajstić information content (AvgIpc) is 2.48. The molecule has 1 saturated heterocycles. The summed E-state index contributed by atoms with van der Waals surface area (Å²) in [6.07, 6.45) is 1.76. The molecule has 3 heterocycles. The van der Waals surface area contributed by atoms with Crippen molar-refractivity contribution in [2.45, 2.75) is 11.8 Å². The summed E-state index contributed by atoms with van der Waals surface area (Å²) in [5.74, 6) is 0.722. The minimum absolute atomic E-state index is 0.0720. The maximum Gasteiger partial charge on any atom is 0.259 e. The monoisotopic (exact) mass is 415 g/mol. The summed E-state index contributed by atoms with van der Waals surface area (Å²) in [5.41, 5.74) is 1.60. The SMILES string of the molecule is CC(Br)c1cc(Br)cn2c(=O)cc(N3CCOCC3)nc12. The number of aromatic nitrogens is 2. The highest BCUT2D eigenvalue weighted by molar-refractivity contribution is 9.10. The van der Waals surface area contributed by atoms with Crippen LogP contribution in [0.1, 0.15) is 17.3 Å². The van der Waals surface area contributed by atoms with Crippen molar-refractivity contribution >= 4 is 43.3 Å². The highest BCUT2D eigenvalue weighted by atomic mass is 79.9. The standard InChI is InChI=1S/C14H15Br2N3O2/c1-9(15)11-6-10(16)8-19-13(20)7-12(17-14(11)19)18-2-4-21-5-3-18/h6-9H,2-5H2,1H3. The largest absolute Gasteiger partial charge is 0.378 e. The molecule has 7 heteroatoms. The van der Waals surface area contributed by atoms with Crippen LogP contribution in [-0.4, -0.2) is 35.7 Å². The van der Waals surface area contributed by atoms with Crippen molar-refractivity contribution in [3.05, 3.63) is 38.7 Å². The number of ether oxygens (including phenoxy) is 1. The molecule has 1 fully saturated rings. The Kier molecular flexibility index (Phi) is 4.33. The van der Waals surface area contributed by atoms with Gasteiger partial charge in [-0.3, -0.25) is 9.20 Å². The molecule has 0 amide bonds. The molecule has 3 rings (SSSR count). The van der Waals surface area contributed by atoms with Crippen LogP contribution < -0.4 is 10.5 Å². The Morgan fingerprint density at radius 2 is 2.05 bits per heavy atom. The highest BCUT2D eigenvalue weighted by Gasteiger charge is 2.17. The molecular weight excluding hydrogens is 402 g/mol.